The Morgan fingerprint density at radius 1 is 1.24 bits per heavy atom. The van der Waals surface area contributed by atoms with E-state index in [9.17, 15) is 0 Å². The minimum atomic E-state index is 0.354. The van der Waals surface area contributed by atoms with Crippen molar-refractivity contribution in [2.75, 3.05) is 39.4 Å². The van der Waals surface area contributed by atoms with E-state index >= 15 is 0 Å². The average molecular weight is 306 g/mol. The van der Waals surface area contributed by atoms with Gasteiger partial charge in [-0.3, -0.25) is 9.80 Å². The summed E-state index contributed by atoms with van der Waals surface area (Å²) in [6.07, 6.45) is 5.48. The molecule has 0 N–H and O–H groups in total. The van der Waals surface area contributed by atoms with E-state index in [0.29, 0.717) is 5.54 Å². The van der Waals surface area contributed by atoms with Crippen LogP contribution in [0.5, 0.6) is 0 Å². The fraction of sp³-hybridized carbons (Fsp3) is 0.765. The van der Waals surface area contributed by atoms with Gasteiger partial charge >= 0.3 is 0 Å². The summed E-state index contributed by atoms with van der Waals surface area (Å²) in [5.74, 6) is 0.990. The van der Waals surface area contributed by atoms with Gasteiger partial charge in [-0.1, -0.05) is 6.07 Å². The Morgan fingerprint density at radius 2 is 2.10 bits per heavy atom. The average Bonchev–Trinajstić information content (AvgIpc) is 3.18. The van der Waals surface area contributed by atoms with Crippen LogP contribution in [0.15, 0.2) is 17.5 Å². The summed E-state index contributed by atoms with van der Waals surface area (Å²) < 4.78 is 5.88. The monoisotopic (exact) mass is 306 g/mol. The molecule has 0 bridgehead atoms. The van der Waals surface area contributed by atoms with E-state index in [4.69, 9.17) is 4.74 Å². The van der Waals surface area contributed by atoms with Gasteiger partial charge in [-0.05, 0) is 43.0 Å². The number of rotatable bonds is 4. The molecule has 3 aliphatic rings. The summed E-state index contributed by atoms with van der Waals surface area (Å²) in [4.78, 5) is 6.91. The minimum absolute atomic E-state index is 0.354. The number of likely N-dealkylation sites (tertiary alicyclic amines) is 1. The highest BCUT2D eigenvalue weighted by Crippen LogP contribution is 2.37. The van der Waals surface area contributed by atoms with Gasteiger partial charge in [0.05, 0.1) is 13.2 Å². The molecule has 0 unspecified atom stereocenters. The highest BCUT2D eigenvalue weighted by molar-refractivity contribution is 7.09. The zero-order chi connectivity index (χ0) is 14.1. The second-order valence-electron chi connectivity index (χ2n) is 7.02. The second-order valence-corrected chi connectivity index (χ2v) is 8.05. The first-order valence-electron chi connectivity index (χ1n) is 8.42. The van der Waals surface area contributed by atoms with Crippen LogP contribution in [0.2, 0.25) is 0 Å². The normalized spacial score (nSPS) is 27.2. The van der Waals surface area contributed by atoms with Gasteiger partial charge in [0.15, 0.2) is 0 Å². The third-order valence-electron chi connectivity index (χ3n) is 5.47. The number of thiophene rings is 1. The number of hydrogen-bond donors (Lipinski definition) is 0. The zero-order valence-corrected chi connectivity index (χ0v) is 13.6. The summed E-state index contributed by atoms with van der Waals surface area (Å²) in [6, 6.07) is 4.43. The van der Waals surface area contributed by atoms with E-state index in [1.165, 1.54) is 50.2 Å². The van der Waals surface area contributed by atoms with Crippen molar-refractivity contribution in [2.45, 2.75) is 37.8 Å². The predicted molar refractivity (Wildman–Crippen MR) is 86.7 cm³/mol. The molecule has 1 aliphatic carbocycles. The van der Waals surface area contributed by atoms with Crippen LogP contribution in [0.1, 0.15) is 30.6 Å². The first-order valence-corrected chi connectivity index (χ1v) is 9.30. The molecule has 1 aromatic rings. The van der Waals surface area contributed by atoms with E-state index in [0.717, 1.165) is 32.2 Å². The van der Waals surface area contributed by atoms with E-state index in [1.54, 1.807) is 0 Å². The van der Waals surface area contributed by atoms with E-state index < -0.39 is 0 Å². The molecule has 3 heterocycles. The standard InChI is InChI=1S/C17H26N2OS/c1-2-16(21-11-1)13-18-7-5-17(6-8-18)14-20-10-9-19(17)12-15-3-4-15/h1-2,11,15H,3-10,12-14H2. The van der Waals surface area contributed by atoms with Gasteiger partial charge in [0.2, 0.25) is 0 Å². The van der Waals surface area contributed by atoms with E-state index in [1.807, 2.05) is 11.3 Å². The van der Waals surface area contributed by atoms with Crippen molar-refractivity contribution in [2.24, 2.45) is 5.92 Å². The summed E-state index contributed by atoms with van der Waals surface area (Å²) in [6.45, 7) is 7.97. The zero-order valence-electron chi connectivity index (χ0n) is 12.8. The molecule has 116 valence electrons. The lowest BCUT2D eigenvalue weighted by Gasteiger charge is -2.51. The quantitative estimate of drug-likeness (QED) is 0.851. The second kappa shape index (κ2) is 5.99. The molecule has 3 fully saturated rings. The minimum Gasteiger partial charge on any atom is -0.378 e. The van der Waals surface area contributed by atoms with Crippen molar-refractivity contribution in [3.63, 3.8) is 0 Å². The number of morpholine rings is 1. The molecule has 1 spiro atoms. The lowest BCUT2D eigenvalue weighted by Crippen LogP contribution is -2.61. The van der Waals surface area contributed by atoms with Gasteiger partial charge in [0, 0.05) is 43.1 Å². The van der Waals surface area contributed by atoms with Crippen molar-refractivity contribution in [3.8, 4) is 0 Å². The Labute approximate surface area is 131 Å². The summed E-state index contributed by atoms with van der Waals surface area (Å²) in [7, 11) is 0. The van der Waals surface area contributed by atoms with Crippen LogP contribution in [-0.4, -0.2) is 54.7 Å². The predicted octanol–water partition coefficient (Wildman–Crippen LogP) is 2.82. The number of ether oxygens (including phenoxy) is 1. The van der Waals surface area contributed by atoms with Crippen LogP contribution >= 0.6 is 11.3 Å². The topological polar surface area (TPSA) is 15.7 Å². The van der Waals surface area contributed by atoms with E-state index in [2.05, 4.69) is 27.3 Å². The van der Waals surface area contributed by atoms with Crippen molar-refractivity contribution in [3.05, 3.63) is 22.4 Å². The maximum atomic E-state index is 5.88. The molecule has 3 nitrogen and oxygen atoms in total. The molecule has 1 aromatic heterocycles. The molecule has 0 aromatic carbocycles. The van der Waals surface area contributed by atoms with Gasteiger partial charge in [-0.2, -0.15) is 0 Å². The maximum Gasteiger partial charge on any atom is 0.0652 e. The van der Waals surface area contributed by atoms with Gasteiger partial charge in [0.1, 0.15) is 0 Å². The summed E-state index contributed by atoms with van der Waals surface area (Å²) in [5, 5.41) is 2.19. The summed E-state index contributed by atoms with van der Waals surface area (Å²) in [5.41, 5.74) is 0.354. The smallest absolute Gasteiger partial charge is 0.0652 e. The van der Waals surface area contributed by atoms with Crippen LogP contribution < -0.4 is 0 Å². The van der Waals surface area contributed by atoms with Crippen LogP contribution in [0.4, 0.5) is 0 Å². The highest BCUT2D eigenvalue weighted by Gasteiger charge is 2.43. The van der Waals surface area contributed by atoms with Gasteiger partial charge in [0.25, 0.3) is 0 Å². The fourth-order valence-corrected chi connectivity index (χ4v) is 4.62. The summed E-state index contributed by atoms with van der Waals surface area (Å²) >= 11 is 1.88. The number of nitrogens with zero attached hydrogens (tertiary/aromatic N) is 2. The Hall–Kier alpha value is -0.420. The lowest BCUT2D eigenvalue weighted by molar-refractivity contribution is -0.0970. The molecular weight excluding hydrogens is 280 g/mol. The third-order valence-corrected chi connectivity index (χ3v) is 6.33. The molecule has 1 saturated carbocycles. The number of piperidine rings is 1. The van der Waals surface area contributed by atoms with Gasteiger partial charge in [-0.15, -0.1) is 11.3 Å². The van der Waals surface area contributed by atoms with Crippen LogP contribution in [0.3, 0.4) is 0 Å². The lowest BCUT2D eigenvalue weighted by atomic mass is 9.85. The molecule has 4 heteroatoms. The Morgan fingerprint density at radius 3 is 2.81 bits per heavy atom. The molecule has 0 radical (unpaired) electrons. The van der Waals surface area contributed by atoms with Gasteiger partial charge < -0.3 is 4.74 Å². The van der Waals surface area contributed by atoms with Crippen LogP contribution in [-0.2, 0) is 11.3 Å². The van der Waals surface area contributed by atoms with Crippen LogP contribution in [0.25, 0.3) is 0 Å². The fourth-order valence-electron chi connectivity index (χ4n) is 3.87. The molecule has 21 heavy (non-hydrogen) atoms. The first kappa shape index (κ1) is 14.2. The molecule has 4 rings (SSSR count). The molecule has 0 amide bonds. The highest BCUT2D eigenvalue weighted by atomic mass is 32.1. The SMILES string of the molecule is c1csc(CN2CCC3(CC2)COCCN3CC2CC2)c1. The van der Waals surface area contributed by atoms with Gasteiger partial charge in [-0.25, -0.2) is 0 Å². The van der Waals surface area contributed by atoms with Crippen LogP contribution in [0, 0.1) is 5.92 Å². The maximum absolute atomic E-state index is 5.88. The molecule has 0 atom stereocenters. The Kier molecular flexibility index (Phi) is 4.05. The third kappa shape index (κ3) is 3.19. The molecular formula is C17H26N2OS. The molecule has 2 saturated heterocycles. The van der Waals surface area contributed by atoms with Crippen molar-refractivity contribution < 1.29 is 4.74 Å². The van der Waals surface area contributed by atoms with Crippen molar-refractivity contribution in [1.29, 1.82) is 0 Å². The largest absolute Gasteiger partial charge is 0.378 e. The Balaban J connectivity index is 1.37. The Bertz CT molecular complexity index is 449. The van der Waals surface area contributed by atoms with Crippen molar-refractivity contribution >= 4 is 11.3 Å². The number of hydrogen-bond acceptors (Lipinski definition) is 4. The first-order chi connectivity index (χ1) is 10.3. The molecule has 2 aliphatic heterocycles. The van der Waals surface area contributed by atoms with Crippen molar-refractivity contribution in [1.82, 2.24) is 9.80 Å². The van der Waals surface area contributed by atoms with E-state index in [-0.39, 0.29) is 0 Å².